The van der Waals surface area contributed by atoms with E-state index in [0.29, 0.717) is 15.8 Å². The monoisotopic (exact) mass is 292 g/mol. The predicted octanol–water partition coefficient (Wildman–Crippen LogP) is 1.27. The van der Waals surface area contributed by atoms with Gasteiger partial charge in [-0.3, -0.25) is 9.69 Å². The zero-order valence-corrected chi connectivity index (χ0v) is 11.7. The van der Waals surface area contributed by atoms with Gasteiger partial charge in [-0.15, -0.1) is 0 Å². The molecule has 19 heavy (non-hydrogen) atoms. The molecular weight excluding hydrogens is 282 g/mol. The Morgan fingerprint density at radius 2 is 2.05 bits per heavy atom. The lowest BCUT2D eigenvalue weighted by molar-refractivity contribution is -0.255. The molecule has 0 unspecified atom stereocenters. The highest BCUT2D eigenvalue weighted by Crippen LogP contribution is 2.32. The van der Waals surface area contributed by atoms with Gasteiger partial charge in [0.15, 0.2) is 0 Å². The van der Waals surface area contributed by atoms with Gasteiger partial charge in [0.25, 0.3) is 5.91 Å². The van der Waals surface area contributed by atoms with Crippen LogP contribution in [-0.2, 0) is 4.79 Å². The zero-order valence-electron chi connectivity index (χ0n) is 10.1. The average molecular weight is 292 g/mol. The van der Waals surface area contributed by atoms with Crippen molar-refractivity contribution in [1.82, 2.24) is 4.90 Å². The molecule has 1 saturated heterocycles. The van der Waals surface area contributed by atoms with Crippen LogP contribution in [0.4, 0.5) is 0 Å². The maximum Gasteiger partial charge on any atom is 0.266 e. The molecule has 1 amide bonds. The second-order valence-electron chi connectivity index (χ2n) is 3.84. The summed E-state index contributed by atoms with van der Waals surface area (Å²) in [5.41, 5.74) is 0.861. The van der Waals surface area contributed by atoms with Gasteiger partial charge >= 0.3 is 0 Å². The lowest BCUT2D eigenvalue weighted by Gasteiger charge is -2.09. The highest BCUT2D eigenvalue weighted by Gasteiger charge is 2.30. The molecule has 4 nitrogen and oxygen atoms in total. The van der Waals surface area contributed by atoms with Crippen LogP contribution in [0.5, 0.6) is 0 Å². The van der Waals surface area contributed by atoms with Crippen molar-refractivity contribution in [3.05, 3.63) is 40.3 Å². The first-order chi connectivity index (χ1) is 9.02. The lowest BCUT2D eigenvalue weighted by atomic mass is 10.1. The van der Waals surface area contributed by atoms with Gasteiger partial charge in [-0.05, 0) is 24.1 Å². The lowest BCUT2D eigenvalue weighted by Crippen LogP contribution is -2.27. The van der Waals surface area contributed by atoms with E-state index in [1.165, 1.54) is 28.8 Å². The molecule has 6 heteroatoms. The van der Waals surface area contributed by atoms with Crippen LogP contribution in [-0.4, -0.2) is 27.6 Å². The largest absolute Gasteiger partial charge is 0.545 e. The predicted molar refractivity (Wildman–Crippen MR) is 76.3 cm³/mol. The van der Waals surface area contributed by atoms with E-state index in [9.17, 15) is 14.7 Å². The number of thiocarbonyl (C=S) groups is 1. The van der Waals surface area contributed by atoms with Gasteiger partial charge in [0.05, 0.1) is 10.9 Å². The maximum absolute atomic E-state index is 12.0. The van der Waals surface area contributed by atoms with E-state index in [-0.39, 0.29) is 11.5 Å². The Kier molecular flexibility index (Phi) is 4.01. The summed E-state index contributed by atoms with van der Waals surface area (Å²) in [6.07, 6.45) is 1.70. The Labute approximate surface area is 120 Å². The highest BCUT2D eigenvalue weighted by molar-refractivity contribution is 8.26. The van der Waals surface area contributed by atoms with Gasteiger partial charge in [-0.1, -0.05) is 48.2 Å². The van der Waals surface area contributed by atoms with Crippen molar-refractivity contribution in [2.24, 2.45) is 0 Å². The number of nitrogens with zero attached hydrogens (tertiary/aromatic N) is 1. The summed E-state index contributed by atoms with van der Waals surface area (Å²) >= 11 is 6.36. The minimum atomic E-state index is -1.22. The van der Waals surface area contributed by atoms with E-state index in [4.69, 9.17) is 12.2 Å². The molecule has 0 aromatic heterocycles. The van der Waals surface area contributed by atoms with Crippen molar-refractivity contribution in [3.8, 4) is 0 Å². The standard InChI is InChI=1S/C13H11NO3S2/c1-2-14-11(15)10(19-13(14)18)7-8-3-5-9(6-4-8)12(16)17/h3-7H,2H2,1H3,(H,16,17)/p-1/b10-7+. The molecule has 1 aromatic rings. The number of amides is 1. The number of carboxylic acids is 1. The summed E-state index contributed by atoms with van der Waals surface area (Å²) in [6.45, 7) is 2.41. The van der Waals surface area contributed by atoms with Gasteiger partial charge < -0.3 is 9.90 Å². The molecule has 0 bridgehead atoms. The molecule has 2 rings (SSSR count). The molecule has 0 spiro atoms. The third-order valence-corrected chi connectivity index (χ3v) is 4.01. The summed E-state index contributed by atoms with van der Waals surface area (Å²) in [5, 5.41) is 10.6. The number of carbonyl (C=O) groups is 2. The Hall–Kier alpha value is -1.66. The fourth-order valence-corrected chi connectivity index (χ4v) is 3.02. The fourth-order valence-electron chi connectivity index (χ4n) is 1.64. The summed E-state index contributed by atoms with van der Waals surface area (Å²) in [5.74, 6) is -1.33. The van der Waals surface area contributed by atoms with Crippen LogP contribution < -0.4 is 5.11 Å². The number of hydrogen-bond donors (Lipinski definition) is 0. The number of carbonyl (C=O) groups excluding carboxylic acids is 2. The molecule has 1 aliphatic rings. The van der Waals surface area contributed by atoms with Crippen molar-refractivity contribution in [2.75, 3.05) is 6.54 Å². The fraction of sp³-hybridized carbons (Fsp3) is 0.154. The summed E-state index contributed by atoms with van der Waals surface area (Å²) in [6, 6.07) is 6.15. The molecule has 1 aromatic carbocycles. The third-order valence-electron chi connectivity index (χ3n) is 2.63. The van der Waals surface area contributed by atoms with Crippen molar-refractivity contribution in [3.63, 3.8) is 0 Å². The first-order valence-electron chi connectivity index (χ1n) is 5.59. The van der Waals surface area contributed by atoms with E-state index in [1.54, 1.807) is 18.2 Å². The van der Waals surface area contributed by atoms with Crippen LogP contribution in [0, 0.1) is 0 Å². The highest BCUT2D eigenvalue weighted by atomic mass is 32.2. The van der Waals surface area contributed by atoms with Crippen LogP contribution >= 0.6 is 24.0 Å². The number of likely N-dealkylation sites (N-methyl/N-ethyl adjacent to an activating group) is 1. The molecule has 0 aliphatic carbocycles. The summed E-state index contributed by atoms with van der Waals surface area (Å²) in [7, 11) is 0. The van der Waals surface area contributed by atoms with Crippen molar-refractivity contribution in [2.45, 2.75) is 6.92 Å². The van der Waals surface area contributed by atoms with E-state index in [0.717, 1.165) is 5.56 Å². The third kappa shape index (κ3) is 2.85. The molecule has 1 fully saturated rings. The molecule has 0 saturated carbocycles. The second kappa shape index (κ2) is 5.54. The van der Waals surface area contributed by atoms with E-state index in [2.05, 4.69) is 0 Å². The van der Waals surface area contributed by atoms with Crippen LogP contribution in [0.25, 0.3) is 6.08 Å². The van der Waals surface area contributed by atoms with Crippen LogP contribution in [0.15, 0.2) is 29.2 Å². The smallest absolute Gasteiger partial charge is 0.266 e. The normalized spacial score (nSPS) is 17.3. The van der Waals surface area contributed by atoms with Crippen molar-refractivity contribution in [1.29, 1.82) is 0 Å². The van der Waals surface area contributed by atoms with Crippen LogP contribution in [0.3, 0.4) is 0 Å². The second-order valence-corrected chi connectivity index (χ2v) is 5.51. The number of benzene rings is 1. The van der Waals surface area contributed by atoms with Crippen molar-refractivity contribution < 1.29 is 14.7 Å². The maximum atomic E-state index is 12.0. The minimum Gasteiger partial charge on any atom is -0.545 e. The topological polar surface area (TPSA) is 60.4 Å². The molecule has 1 aliphatic heterocycles. The molecule has 0 N–H and O–H groups in total. The van der Waals surface area contributed by atoms with Gasteiger partial charge in [-0.2, -0.15) is 0 Å². The van der Waals surface area contributed by atoms with Crippen LogP contribution in [0.1, 0.15) is 22.8 Å². The van der Waals surface area contributed by atoms with Gasteiger partial charge in [0.1, 0.15) is 4.32 Å². The van der Waals surface area contributed by atoms with Gasteiger partial charge in [0.2, 0.25) is 0 Å². The van der Waals surface area contributed by atoms with E-state index in [1.807, 2.05) is 6.92 Å². The molecule has 0 radical (unpaired) electrons. The zero-order chi connectivity index (χ0) is 14.0. The molecular formula is C13H10NO3S2-. The molecule has 98 valence electrons. The van der Waals surface area contributed by atoms with E-state index >= 15 is 0 Å². The van der Waals surface area contributed by atoms with E-state index < -0.39 is 5.97 Å². The van der Waals surface area contributed by atoms with Gasteiger partial charge in [0, 0.05) is 6.54 Å². The van der Waals surface area contributed by atoms with Crippen LogP contribution in [0.2, 0.25) is 0 Å². The Bertz CT molecular complexity index is 578. The van der Waals surface area contributed by atoms with Gasteiger partial charge in [-0.25, -0.2) is 0 Å². The Balaban J connectivity index is 2.25. The summed E-state index contributed by atoms with van der Waals surface area (Å²) < 4.78 is 0.546. The SMILES string of the molecule is CCN1C(=O)/C(=C\c2ccc(C(=O)[O-])cc2)SC1=S. The molecule has 1 heterocycles. The number of hydrogen-bond acceptors (Lipinski definition) is 5. The number of rotatable bonds is 3. The first kappa shape index (κ1) is 13.8. The Morgan fingerprint density at radius 1 is 1.42 bits per heavy atom. The molecule has 0 atom stereocenters. The number of carboxylic acid groups (broad SMARTS) is 1. The Morgan fingerprint density at radius 3 is 2.53 bits per heavy atom. The summed E-state index contributed by atoms with van der Waals surface area (Å²) in [4.78, 5) is 24.7. The number of thioether (sulfide) groups is 1. The first-order valence-corrected chi connectivity index (χ1v) is 6.82. The number of aromatic carboxylic acids is 1. The minimum absolute atomic E-state index is 0.109. The van der Waals surface area contributed by atoms with Crippen molar-refractivity contribution >= 4 is 46.3 Å². The quantitative estimate of drug-likeness (QED) is 0.620. The average Bonchev–Trinajstić information content (AvgIpc) is 2.64.